The quantitative estimate of drug-likeness (QED) is 0.661. The molecule has 0 saturated heterocycles. The van der Waals surface area contributed by atoms with Crippen LogP contribution in [0.1, 0.15) is 0 Å². The molecule has 0 atom stereocenters. The van der Waals surface area contributed by atoms with E-state index < -0.39 is 0 Å². The highest BCUT2D eigenvalue weighted by molar-refractivity contribution is 7.98. The number of nitrogens with one attached hydrogen (secondary N) is 1. The van der Waals surface area contributed by atoms with Gasteiger partial charge >= 0.3 is 0 Å². The molecule has 18 heavy (non-hydrogen) atoms. The molecule has 0 saturated carbocycles. The van der Waals surface area contributed by atoms with Crippen molar-refractivity contribution in [2.24, 2.45) is 0 Å². The van der Waals surface area contributed by atoms with Crippen molar-refractivity contribution < 1.29 is 0 Å². The zero-order chi connectivity index (χ0) is 13.0. The van der Waals surface area contributed by atoms with Gasteiger partial charge in [0, 0.05) is 18.5 Å². The molecule has 0 spiro atoms. The topological polar surface area (TPSA) is 41.1 Å². The maximum Gasteiger partial charge on any atom is 0.189 e. The molecule has 96 valence electrons. The van der Waals surface area contributed by atoms with Gasteiger partial charge in [-0.15, -0.1) is 0 Å². The van der Waals surface area contributed by atoms with Crippen LogP contribution in [0, 0.1) is 0 Å². The summed E-state index contributed by atoms with van der Waals surface area (Å²) in [5.74, 6) is 0.923. The van der Waals surface area contributed by atoms with Crippen molar-refractivity contribution in [1.82, 2.24) is 14.9 Å². The van der Waals surface area contributed by atoms with Gasteiger partial charge in [0.15, 0.2) is 5.16 Å². The van der Waals surface area contributed by atoms with Crippen molar-refractivity contribution in [3.05, 3.63) is 24.3 Å². The Balaban J connectivity index is 2.29. The van der Waals surface area contributed by atoms with E-state index in [9.17, 15) is 0 Å². The lowest BCUT2D eigenvalue weighted by atomic mass is 10.2. The Morgan fingerprint density at radius 1 is 1.22 bits per heavy atom. The molecule has 2 rings (SSSR count). The van der Waals surface area contributed by atoms with Gasteiger partial charge in [0.05, 0.1) is 5.52 Å². The molecular formula is C13H18N4S. The number of nitrogens with zero attached hydrogens (tertiary/aromatic N) is 3. The average Bonchev–Trinajstić information content (AvgIpc) is 2.38. The minimum Gasteiger partial charge on any atom is -0.368 e. The highest BCUT2D eigenvalue weighted by atomic mass is 32.2. The van der Waals surface area contributed by atoms with E-state index in [1.54, 1.807) is 11.8 Å². The average molecular weight is 262 g/mol. The first-order chi connectivity index (χ1) is 8.70. The van der Waals surface area contributed by atoms with Crippen LogP contribution in [0.3, 0.4) is 0 Å². The second kappa shape index (κ2) is 6.02. The number of fused-ring (bicyclic) bond motifs is 1. The van der Waals surface area contributed by atoms with Crippen LogP contribution in [0.2, 0.25) is 0 Å². The highest BCUT2D eigenvalue weighted by Crippen LogP contribution is 2.22. The Bertz CT molecular complexity index is 527. The molecule has 0 unspecified atom stereocenters. The van der Waals surface area contributed by atoms with E-state index in [1.165, 1.54) is 0 Å². The molecule has 0 aliphatic rings. The molecule has 0 amide bonds. The molecule has 1 aromatic heterocycles. The van der Waals surface area contributed by atoms with E-state index in [4.69, 9.17) is 0 Å². The Kier molecular flexibility index (Phi) is 4.38. The van der Waals surface area contributed by atoms with Gasteiger partial charge in [-0.2, -0.15) is 0 Å². The number of likely N-dealkylation sites (N-methyl/N-ethyl adjacent to an activating group) is 1. The van der Waals surface area contributed by atoms with Crippen LogP contribution in [0.15, 0.2) is 29.4 Å². The summed E-state index contributed by atoms with van der Waals surface area (Å²) < 4.78 is 0. The minimum absolute atomic E-state index is 0.807. The lowest BCUT2D eigenvalue weighted by Gasteiger charge is -2.12. The number of aromatic nitrogens is 2. The molecule has 1 heterocycles. The van der Waals surface area contributed by atoms with Gasteiger partial charge in [-0.1, -0.05) is 23.9 Å². The second-order valence-corrected chi connectivity index (χ2v) is 5.08. The molecular weight excluding hydrogens is 244 g/mol. The smallest absolute Gasteiger partial charge is 0.189 e. The van der Waals surface area contributed by atoms with E-state index in [0.29, 0.717) is 0 Å². The van der Waals surface area contributed by atoms with Gasteiger partial charge in [-0.3, -0.25) is 0 Å². The monoisotopic (exact) mass is 262 g/mol. The summed E-state index contributed by atoms with van der Waals surface area (Å²) in [5.41, 5.74) is 0.990. The van der Waals surface area contributed by atoms with Crippen molar-refractivity contribution in [3.63, 3.8) is 0 Å². The number of thioether (sulfide) groups is 1. The molecule has 1 N–H and O–H groups in total. The fourth-order valence-corrected chi connectivity index (χ4v) is 2.05. The van der Waals surface area contributed by atoms with Crippen molar-refractivity contribution in [2.45, 2.75) is 5.16 Å². The van der Waals surface area contributed by atoms with E-state index in [2.05, 4.69) is 40.3 Å². The number of para-hydroxylation sites is 1. The standard InChI is InChI=1S/C13H18N4S/c1-17(2)9-8-14-12-10-6-4-5-7-11(10)15-13(16-12)18-3/h4-7H,8-9H2,1-3H3,(H,14,15,16). The lowest BCUT2D eigenvalue weighted by Crippen LogP contribution is -2.21. The number of hydrogen-bond donors (Lipinski definition) is 1. The fraction of sp³-hybridized carbons (Fsp3) is 0.385. The summed E-state index contributed by atoms with van der Waals surface area (Å²) >= 11 is 1.56. The van der Waals surface area contributed by atoms with Crippen molar-refractivity contribution in [3.8, 4) is 0 Å². The summed E-state index contributed by atoms with van der Waals surface area (Å²) in [7, 11) is 4.13. The van der Waals surface area contributed by atoms with E-state index >= 15 is 0 Å². The van der Waals surface area contributed by atoms with Crippen molar-refractivity contribution in [2.75, 3.05) is 38.8 Å². The minimum atomic E-state index is 0.807. The van der Waals surface area contributed by atoms with Crippen molar-refractivity contribution in [1.29, 1.82) is 0 Å². The number of anilines is 1. The molecule has 5 heteroatoms. The molecule has 4 nitrogen and oxygen atoms in total. The van der Waals surface area contributed by atoms with Gasteiger partial charge < -0.3 is 10.2 Å². The largest absolute Gasteiger partial charge is 0.368 e. The van der Waals surface area contributed by atoms with Gasteiger partial charge in [0.2, 0.25) is 0 Å². The summed E-state index contributed by atoms with van der Waals surface area (Å²) in [6.07, 6.45) is 1.99. The summed E-state index contributed by atoms with van der Waals surface area (Å²) in [4.78, 5) is 11.2. The molecule has 0 fully saturated rings. The van der Waals surface area contributed by atoms with Crippen LogP contribution in [0.25, 0.3) is 10.9 Å². The fourth-order valence-electron chi connectivity index (χ4n) is 1.68. The predicted octanol–water partition coefficient (Wildman–Crippen LogP) is 2.33. The van der Waals surface area contributed by atoms with Crippen LogP contribution < -0.4 is 5.32 Å². The van der Waals surface area contributed by atoms with Crippen LogP contribution >= 0.6 is 11.8 Å². The summed E-state index contributed by atoms with van der Waals surface area (Å²) in [5, 5.41) is 5.27. The number of benzene rings is 1. The Labute approximate surface area is 112 Å². The maximum atomic E-state index is 4.54. The van der Waals surface area contributed by atoms with E-state index in [0.717, 1.165) is 35.0 Å². The van der Waals surface area contributed by atoms with Crippen LogP contribution in [0.4, 0.5) is 5.82 Å². The Hall–Kier alpha value is -1.33. The van der Waals surface area contributed by atoms with Crippen LogP contribution in [-0.2, 0) is 0 Å². The first-order valence-electron chi connectivity index (χ1n) is 5.90. The zero-order valence-electron chi connectivity index (χ0n) is 11.0. The third kappa shape index (κ3) is 3.11. The lowest BCUT2D eigenvalue weighted by molar-refractivity contribution is 0.425. The van der Waals surface area contributed by atoms with Gasteiger partial charge in [-0.25, -0.2) is 9.97 Å². The van der Waals surface area contributed by atoms with E-state index in [-0.39, 0.29) is 0 Å². The molecule has 0 bridgehead atoms. The van der Waals surface area contributed by atoms with Crippen LogP contribution in [0.5, 0.6) is 0 Å². The zero-order valence-corrected chi connectivity index (χ0v) is 11.8. The Morgan fingerprint density at radius 3 is 2.72 bits per heavy atom. The Morgan fingerprint density at radius 2 is 2.00 bits per heavy atom. The molecule has 0 radical (unpaired) electrons. The maximum absolute atomic E-state index is 4.54. The molecule has 1 aromatic carbocycles. The predicted molar refractivity (Wildman–Crippen MR) is 78.4 cm³/mol. The van der Waals surface area contributed by atoms with Gasteiger partial charge in [0.1, 0.15) is 5.82 Å². The molecule has 0 aliphatic carbocycles. The molecule has 2 aromatic rings. The first kappa shape index (κ1) is 13.1. The van der Waals surface area contributed by atoms with Gasteiger partial charge in [-0.05, 0) is 32.5 Å². The van der Waals surface area contributed by atoms with Gasteiger partial charge in [0.25, 0.3) is 0 Å². The summed E-state index contributed by atoms with van der Waals surface area (Å²) in [6, 6.07) is 8.09. The first-order valence-corrected chi connectivity index (χ1v) is 7.12. The van der Waals surface area contributed by atoms with Crippen LogP contribution in [-0.4, -0.2) is 48.3 Å². The number of rotatable bonds is 5. The highest BCUT2D eigenvalue weighted by Gasteiger charge is 2.06. The molecule has 0 aliphatic heterocycles. The number of hydrogen-bond acceptors (Lipinski definition) is 5. The summed E-state index contributed by atoms with van der Waals surface area (Å²) in [6.45, 7) is 1.86. The third-order valence-corrected chi connectivity index (χ3v) is 3.16. The second-order valence-electron chi connectivity index (χ2n) is 4.31. The SMILES string of the molecule is CSc1nc(NCCN(C)C)c2ccccc2n1. The normalized spacial score (nSPS) is 11.1. The third-order valence-electron chi connectivity index (χ3n) is 2.62. The van der Waals surface area contributed by atoms with E-state index in [1.807, 2.05) is 24.5 Å². The van der Waals surface area contributed by atoms with Crippen molar-refractivity contribution >= 4 is 28.5 Å².